The van der Waals surface area contributed by atoms with Gasteiger partial charge in [0, 0.05) is 6.20 Å². The molecule has 9 heteroatoms. The van der Waals surface area contributed by atoms with E-state index < -0.39 is 0 Å². The van der Waals surface area contributed by atoms with Crippen molar-refractivity contribution in [1.82, 2.24) is 9.88 Å². The number of methoxy groups -OCH3 is 1. The summed E-state index contributed by atoms with van der Waals surface area (Å²) in [5.41, 5.74) is 2.55. The number of benzene rings is 2. The van der Waals surface area contributed by atoms with Crippen molar-refractivity contribution in [2.24, 2.45) is 0 Å². The molecule has 0 unspecified atom stereocenters. The van der Waals surface area contributed by atoms with Crippen molar-refractivity contribution >= 4 is 44.9 Å². The van der Waals surface area contributed by atoms with Crippen LogP contribution in [0.1, 0.15) is 16.8 Å². The highest BCUT2D eigenvalue weighted by Crippen LogP contribution is 2.39. The molecule has 1 saturated heterocycles. The van der Waals surface area contributed by atoms with Gasteiger partial charge in [-0.25, -0.2) is 0 Å². The van der Waals surface area contributed by atoms with E-state index in [1.54, 1.807) is 25.4 Å². The molecule has 7 nitrogen and oxygen atoms in total. The normalized spacial score (nSPS) is 14.5. The molecular formula is C26H23BrN2O5S. The number of amides is 2. The van der Waals surface area contributed by atoms with Gasteiger partial charge in [-0.2, -0.15) is 0 Å². The van der Waals surface area contributed by atoms with Crippen molar-refractivity contribution < 1.29 is 23.8 Å². The third kappa shape index (κ3) is 6.23. The standard InChI is InChI=1S/C26H23BrN2O5S/c1-17-6-5-8-20(12-17)33-11-10-29-25(30)23(35-26(29)31)15-18-13-21(27)24(22(14-18)32-2)34-16-19-7-3-4-9-28-19/h3-9,12-15H,10-11,16H2,1-2H3/b23-15-. The van der Waals surface area contributed by atoms with Gasteiger partial charge in [-0.1, -0.05) is 18.2 Å². The third-order valence-corrected chi connectivity index (χ3v) is 6.58. The van der Waals surface area contributed by atoms with Crippen LogP contribution in [0.3, 0.4) is 0 Å². The molecule has 1 fully saturated rings. The highest BCUT2D eigenvalue weighted by molar-refractivity contribution is 9.10. The summed E-state index contributed by atoms with van der Waals surface area (Å²) in [5.74, 6) is 1.37. The average Bonchev–Trinajstić information content (AvgIpc) is 3.11. The van der Waals surface area contributed by atoms with E-state index in [0.717, 1.165) is 23.0 Å². The largest absolute Gasteiger partial charge is 0.493 e. The lowest BCUT2D eigenvalue weighted by atomic mass is 10.2. The second kappa shape index (κ2) is 11.4. The molecule has 0 spiro atoms. The Morgan fingerprint density at radius 2 is 1.94 bits per heavy atom. The molecule has 2 amide bonds. The lowest BCUT2D eigenvalue weighted by Gasteiger charge is -2.14. The van der Waals surface area contributed by atoms with Gasteiger partial charge < -0.3 is 14.2 Å². The zero-order valence-corrected chi connectivity index (χ0v) is 21.6. The Hall–Kier alpha value is -3.30. The predicted molar refractivity (Wildman–Crippen MR) is 139 cm³/mol. The van der Waals surface area contributed by atoms with Crippen molar-refractivity contribution in [3.63, 3.8) is 0 Å². The van der Waals surface area contributed by atoms with Gasteiger partial charge in [0.15, 0.2) is 11.5 Å². The Labute approximate surface area is 216 Å². The summed E-state index contributed by atoms with van der Waals surface area (Å²) in [6, 6.07) is 16.8. The van der Waals surface area contributed by atoms with E-state index in [9.17, 15) is 9.59 Å². The second-order valence-electron chi connectivity index (χ2n) is 7.64. The predicted octanol–water partition coefficient (Wildman–Crippen LogP) is 5.86. The number of pyridine rings is 1. The van der Waals surface area contributed by atoms with Crippen LogP contribution in [-0.2, 0) is 11.4 Å². The molecule has 4 rings (SSSR count). The fraction of sp³-hybridized carbons (Fsp3) is 0.192. The van der Waals surface area contributed by atoms with Gasteiger partial charge in [-0.05, 0) is 88.2 Å². The molecule has 3 aromatic rings. The average molecular weight is 555 g/mol. The minimum Gasteiger partial charge on any atom is -0.493 e. The van der Waals surface area contributed by atoms with Crippen LogP contribution in [0.2, 0.25) is 0 Å². The van der Waals surface area contributed by atoms with Crippen LogP contribution in [0.5, 0.6) is 17.2 Å². The van der Waals surface area contributed by atoms with Crippen LogP contribution < -0.4 is 14.2 Å². The van der Waals surface area contributed by atoms with Gasteiger partial charge in [0.2, 0.25) is 0 Å². The molecule has 1 aliphatic rings. The zero-order valence-electron chi connectivity index (χ0n) is 19.2. The molecule has 0 saturated carbocycles. The molecule has 0 radical (unpaired) electrons. The molecule has 0 aliphatic carbocycles. The summed E-state index contributed by atoms with van der Waals surface area (Å²) < 4.78 is 17.8. The summed E-state index contributed by atoms with van der Waals surface area (Å²) in [4.78, 5) is 31.1. The van der Waals surface area contributed by atoms with Crippen LogP contribution in [0.25, 0.3) is 6.08 Å². The first kappa shape index (κ1) is 24.8. The Kier molecular flexibility index (Phi) is 8.09. The van der Waals surface area contributed by atoms with Crippen molar-refractivity contribution in [3.05, 3.63) is 87.0 Å². The van der Waals surface area contributed by atoms with E-state index in [4.69, 9.17) is 14.2 Å². The van der Waals surface area contributed by atoms with Crippen LogP contribution in [0, 0.1) is 6.92 Å². The summed E-state index contributed by atoms with van der Waals surface area (Å²) in [6.45, 7) is 2.64. The summed E-state index contributed by atoms with van der Waals surface area (Å²) in [7, 11) is 1.54. The minimum absolute atomic E-state index is 0.170. The SMILES string of the molecule is COc1cc(/C=C2\SC(=O)N(CCOc3cccc(C)c3)C2=O)cc(Br)c1OCc1ccccn1. The first-order valence-corrected chi connectivity index (χ1v) is 12.4. The lowest BCUT2D eigenvalue weighted by Crippen LogP contribution is -2.32. The van der Waals surface area contributed by atoms with E-state index in [1.807, 2.05) is 55.5 Å². The third-order valence-electron chi connectivity index (χ3n) is 5.09. The van der Waals surface area contributed by atoms with Gasteiger partial charge in [0.1, 0.15) is 19.0 Å². The van der Waals surface area contributed by atoms with E-state index >= 15 is 0 Å². The topological polar surface area (TPSA) is 78.0 Å². The number of hydrogen-bond acceptors (Lipinski definition) is 7. The number of imide groups is 1. The number of carbonyl (C=O) groups excluding carboxylic acids is 2. The lowest BCUT2D eigenvalue weighted by molar-refractivity contribution is -0.123. The number of aryl methyl sites for hydroxylation is 1. The van der Waals surface area contributed by atoms with Crippen LogP contribution >= 0.6 is 27.7 Å². The number of rotatable bonds is 9. The van der Waals surface area contributed by atoms with Crippen molar-refractivity contribution in [2.75, 3.05) is 20.3 Å². The van der Waals surface area contributed by atoms with E-state index in [2.05, 4.69) is 20.9 Å². The number of halogens is 1. The molecule has 35 heavy (non-hydrogen) atoms. The quantitative estimate of drug-likeness (QED) is 0.307. The fourth-order valence-electron chi connectivity index (χ4n) is 3.40. The maximum atomic E-state index is 12.9. The summed E-state index contributed by atoms with van der Waals surface area (Å²) in [6.07, 6.45) is 3.37. The Morgan fingerprint density at radius 1 is 1.09 bits per heavy atom. The number of nitrogens with zero attached hydrogens (tertiary/aromatic N) is 2. The number of aromatic nitrogens is 1. The van der Waals surface area contributed by atoms with Crippen molar-refractivity contribution in [2.45, 2.75) is 13.5 Å². The van der Waals surface area contributed by atoms with Gasteiger partial charge in [0.05, 0.1) is 28.7 Å². The first-order chi connectivity index (χ1) is 16.9. The van der Waals surface area contributed by atoms with Crippen molar-refractivity contribution in [3.8, 4) is 17.2 Å². The van der Waals surface area contributed by atoms with Gasteiger partial charge in [0.25, 0.3) is 11.1 Å². The Morgan fingerprint density at radius 3 is 2.69 bits per heavy atom. The van der Waals surface area contributed by atoms with Crippen molar-refractivity contribution in [1.29, 1.82) is 0 Å². The van der Waals surface area contributed by atoms with E-state index in [-0.39, 0.29) is 30.9 Å². The number of carbonyl (C=O) groups is 2. The molecule has 2 aromatic carbocycles. The molecule has 180 valence electrons. The highest BCUT2D eigenvalue weighted by Gasteiger charge is 2.35. The maximum absolute atomic E-state index is 12.9. The van der Waals surface area contributed by atoms with Gasteiger partial charge in [-0.3, -0.25) is 19.5 Å². The smallest absolute Gasteiger partial charge is 0.293 e. The maximum Gasteiger partial charge on any atom is 0.293 e. The fourth-order valence-corrected chi connectivity index (χ4v) is 4.84. The molecule has 2 heterocycles. The molecule has 0 atom stereocenters. The minimum atomic E-state index is -0.349. The molecule has 0 N–H and O–H groups in total. The molecule has 1 aromatic heterocycles. The van der Waals surface area contributed by atoms with E-state index in [0.29, 0.717) is 32.2 Å². The zero-order chi connectivity index (χ0) is 24.8. The van der Waals surface area contributed by atoms with E-state index in [1.165, 1.54) is 4.90 Å². The molecule has 0 bridgehead atoms. The summed E-state index contributed by atoms with van der Waals surface area (Å²) >= 11 is 4.43. The van der Waals surface area contributed by atoms with Crippen LogP contribution in [0.15, 0.2) is 70.2 Å². The van der Waals surface area contributed by atoms with Crippen LogP contribution in [0.4, 0.5) is 4.79 Å². The number of hydrogen-bond donors (Lipinski definition) is 0. The molecular weight excluding hydrogens is 532 g/mol. The monoisotopic (exact) mass is 554 g/mol. The van der Waals surface area contributed by atoms with Gasteiger partial charge >= 0.3 is 0 Å². The first-order valence-electron chi connectivity index (χ1n) is 10.8. The highest BCUT2D eigenvalue weighted by atomic mass is 79.9. The summed E-state index contributed by atoms with van der Waals surface area (Å²) in [5, 5.41) is -0.324. The number of thioether (sulfide) groups is 1. The number of ether oxygens (including phenoxy) is 3. The second-order valence-corrected chi connectivity index (χ2v) is 9.49. The van der Waals surface area contributed by atoms with Gasteiger partial charge in [-0.15, -0.1) is 0 Å². The molecule has 1 aliphatic heterocycles. The Bertz CT molecular complexity index is 1270. The van der Waals surface area contributed by atoms with Crippen LogP contribution in [-0.4, -0.2) is 41.3 Å². The Balaban J connectivity index is 1.44.